The summed E-state index contributed by atoms with van der Waals surface area (Å²) in [5.74, 6) is -0.426. The van der Waals surface area contributed by atoms with Crippen molar-refractivity contribution in [3.63, 3.8) is 0 Å². The van der Waals surface area contributed by atoms with E-state index in [9.17, 15) is 9.59 Å². The minimum Gasteiger partial charge on any atom is -0.328 e. The number of piperidine rings is 1. The molecule has 1 N–H and O–H groups in total. The maximum Gasteiger partial charge on any atom is 0.249 e. The number of carbonyl (C=O) groups is 2. The molecule has 2 aromatic heterocycles. The van der Waals surface area contributed by atoms with Crippen LogP contribution in [-0.4, -0.2) is 21.4 Å². The molecule has 0 spiro atoms. The molecular formula is C16H13N3O2. The van der Waals surface area contributed by atoms with Crippen molar-refractivity contribution in [3.8, 4) is 0 Å². The molecule has 5 heteroatoms. The predicted molar refractivity (Wildman–Crippen MR) is 78.7 cm³/mol. The van der Waals surface area contributed by atoms with E-state index in [1.165, 1.54) is 0 Å². The first-order valence-corrected chi connectivity index (χ1v) is 6.92. The second-order valence-corrected chi connectivity index (χ2v) is 5.25. The lowest BCUT2D eigenvalue weighted by atomic mass is 10.1. The smallest absolute Gasteiger partial charge is 0.249 e. The first kappa shape index (κ1) is 12.1. The number of nitrogens with one attached hydrogen (secondary N) is 1. The van der Waals surface area contributed by atoms with Gasteiger partial charge >= 0.3 is 0 Å². The minimum atomic E-state index is -0.354. The fourth-order valence-electron chi connectivity index (χ4n) is 3.11. The number of para-hydroxylation sites is 1. The Kier molecular flexibility index (Phi) is 2.54. The van der Waals surface area contributed by atoms with E-state index in [0.29, 0.717) is 12.8 Å². The van der Waals surface area contributed by atoms with Crippen LogP contribution in [0.2, 0.25) is 0 Å². The molecule has 0 saturated carbocycles. The molecule has 1 fully saturated rings. The van der Waals surface area contributed by atoms with Crippen LogP contribution in [0.4, 0.5) is 0 Å². The van der Waals surface area contributed by atoms with Crippen molar-refractivity contribution in [2.45, 2.75) is 18.9 Å². The van der Waals surface area contributed by atoms with E-state index in [0.717, 1.165) is 21.8 Å². The molecule has 1 saturated heterocycles. The van der Waals surface area contributed by atoms with Gasteiger partial charge in [0.05, 0.1) is 5.52 Å². The van der Waals surface area contributed by atoms with Crippen molar-refractivity contribution in [2.24, 2.45) is 0 Å². The van der Waals surface area contributed by atoms with Gasteiger partial charge in [0.25, 0.3) is 0 Å². The third kappa shape index (κ3) is 1.74. The average molecular weight is 279 g/mol. The zero-order chi connectivity index (χ0) is 14.4. The molecule has 0 aliphatic carbocycles. The molecule has 5 nitrogen and oxygen atoms in total. The van der Waals surface area contributed by atoms with Crippen molar-refractivity contribution in [1.29, 1.82) is 0 Å². The molecule has 1 unspecified atom stereocenters. The Morgan fingerprint density at radius 1 is 1.10 bits per heavy atom. The first-order chi connectivity index (χ1) is 10.3. The van der Waals surface area contributed by atoms with Gasteiger partial charge in [0.2, 0.25) is 11.8 Å². The Hall–Kier alpha value is -2.69. The van der Waals surface area contributed by atoms with Gasteiger partial charge in [-0.1, -0.05) is 18.2 Å². The van der Waals surface area contributed by atoms with Gasteiger partial charge in [0, 0.05) is 35.1 Å². The summed E-state index contributed by atoms with van der Waals surface area (Å²) in [4.78, 5) is 27.8. The largest absolute Gasteiger partial charge is 0.328 e. The highest BCUT2D eigenvalue weighted by atomic mass is 16.2. The number of fused-ring (bicyclic) bond motifs is 3. The van der Waals surface area contributed by atoms with Crippen molar-refractivity contribution in [3.05, 3.63) is 42.7 Å². The van der Waals surface area contributed by atoms with Gasteiger partial charge in [-0.3, -0.25) is 19.9 Å². The molecule has 0 radical (unpaired) electrons. The van der Waals surface area contributed by atoms with Crippen LogP contribution in [0.5, 0.6) is 0 Å². The standard InChI is InChI=1S/C16H13N3O2/c20-15-6-5-14(16(21)18-15)19-12-4-2-1-3-10(12)11-9-17-8-7-13(11)19/h1-4,7-9,14H,5-6H2,(H,18,20,21). The van der Waals surface area contributed by atoms with Crippen LogP contribution in [-0.2, 0) is 9.59 Å². The topological polar surface area (TPSA) is 64.0 Å². The highest BCUT2D eigenvalue weighted by molar-refractivity contribution is 6.09. The second-order valence-electron chi connectivity index (χ2n) is 5.25. The van der Waals surface area contributed by atoms with E-state index in [-0.39, 0.29) is 17.9 Å². The number of carbonyl (C=O) groups excluding carboxylic acids is 2. The molecule has 1 aliphatic heterocycles. The van der Waals surface area contributed by atoms with Crippen LogP contribution in [0, 0.1) is 0 Å². The molecule has 3 heterocycles. The Labute approximate surface area is 120 Å². The van der Waals surface area contributed by atoms with E-state index < -0.39 is 0 Å². The molecule has 104 valence electrons. The number of nitrogens with zero attached hydrogens (tertiary/aromatic N) is 2. The molecular weight excluding hydrogens is 266 g/mol. The molecule has 1 aromatic carbocycles. The quantitative estimate of drug-likeness (QED) is 0.694. The number of pyridine rings is 1. The molecule has 3 aromatic rings. The maximum atomic E-state index is 12.2. The number of rotatable bonds is 1. The van der Waals surface area contributed by atoms with Crippen molar-refractivity contribution < 1.29 is 9.59 Å². The van der Waals surface area contributed by atoms with E-state index >= 15 is 0 Å². The van der Waals surface area contributed by atoms with Crippen LogP contribution < -0.4 is 5.32 Å². The normalized spacial score (nSPS) is 19.1. The van der Waals surface area contributed by atoms with Crippen LogP contribution in [0.3, 0.4) is 0 Å². The molecule has 21 heavy (non-hydrogen) atoms. The Morgan fingerprint density at radius 2 is 1.90 bits per heavy atom. The molecule has 1 atom stereocenters. The Bertz CT molecular complexity index is 828. The van der Waals surface area contributed by atoms with Crippen LogP contribution >= 0.6 is 0 Å². The number of imide groups is 1. The Balaban J connectivity index is 2.02. The minimum absolute atomic E-state index is 0.196. The lowest BCUT2D eigenvalue weighted by Gasteiger charge is -2.24. The van der Waals surface area contributed by atoms with Gasteiger partial charge < -0.3 is 4.57 Å². The summed E-state index contributed by atoms with van der Waals surface area (Å²) in [5.41, 5.74) is 1.97. The fourth-order valence-corrected chi connectivity index (χ4v) is 3.11. The van der Waals surface area contributed by atoms with E-state index in [2.05, 4.69) is 10.3 Å². The Morgan fingerprint density at radius 3 is 2.76 bits per heavy atom. The molecule has 1 aliphatic rings. The summed E-state index contributed by atoms with van der Waals surface area (Å²) in [6.07, 6.45) is 4.44. The second kappa shape index (κ2) is 4.41. The monoisotopic (exact) mass is 279 g/mol. The number of aromatic nitrogens is 2. The number of amides is 2. The number of hydrogen-bond acceptors (Lipinski definition) is 3. The highest BCUT2D eigenvalue weighted by Gasteiger charge is 2.30. The fraction of sp³-hybridized carbons (Fsp3) is 0.188. The van der Waals surface area contributed by atoms with E-state index in [4.69, 9.17) is 0 Å². The van der Waals surface area contributed by atoms with E-state index in [1.807, 2.05) is 41.1 Å². The predicted octanol–water partition coefficient (Wildman–Crippen LogP) is 2.17. The summed E-state index contributed by atoms with van der Waals surface area (Å²) in [7, 11) is 0. The zero-order valence-electron chi connectivity index (χ0n) is 11.2. The van der Waals surface area contributed by atoms with Gasteiger partial charge in [-0.05, 0) is 18.6 Å². The van der Waals surface area contributed by atoms with Crippen LogP contribution in [0.25, 0.3) is 21.8 Å². The zero-order valence-corrected chi connectivity index (χ0v) is 11.2. The highest BCUT2D eigenvalue weighted by Crippen LogP contribution is 2.33. The van der Waals surface area contributed by atoms with Gasteiger partial charge in [-0.15, -0.1) is 0 Å². The lowest BCUT2D eigenvalue weighted by Crippen LogP contribution is -2.41. The van der Waals surface area contributed by atoms with Gasteiger partial charge in [0.1, 0.15) is 6.04 Å². The van der Waals surface area contributed by atoms with Crippen LogP contribution in [0.1, 0.15) is 18.9 Å². The average Bonchev–Trinajstić information content (AvgIpc) is 2.82. The molecule has 4 rings (SSSR count). The number of benzene rings is 1. The summed E-state index contributed by atoms with van der Waals surface area (Å²) >= 11 is 0. The van der Waals surface area contributed by atoms with E-state index in [1.54, 1.807) is 6.20 Å². The summed E-state index contributed by atoms with van der Waals surface area (Å²) < 4.78 is 2.02. The van der Waals surface area contributed by atoms with Gasteiger partial charge in [-0.2, -0.15) is 0 Å². The summed E-state index contributed by atoms with van der Waals surface area (Å²) in [5, 5.41) is 4.53. The van der Waals surface area contributed by atoms with Gasteiger partial charge in [-0.25, -0.2) is 0 Å². The third-order valence-electron chi connectivity index (χ3n) is 4.03. The first-order valence-electron chi connectivity index (χ1n) is 6.92. The summed E-state index contributed by atoms with van der Waals surface area (Å²) in [6.45, 7) is 0. The summed E-state index contributed by atoms with van der Waals surface area (Å²) in [6, 6.07) is 9.52. The lowest BCUT2D eigenvalue weighted by molar-refractivity contribution is -0.135. The maximum absolute atomic E-state index is 12.2. The van der Waals surface area contributed by atoms with Gasteiger partial charge in [0.15, 0.2) is 0 Å². The molecule has 2 amide bonds. The van der Waals surface area contributed by atoms with Crippen LogP contribution in [0.15, 0.2) is 42.7 Å². The number of hydrogen-bond donors (Lipinski definition) is 1. The van der Waals surface area contributed by atoms with Crippen molar-refractivity contribution in [2.75, 3.05) is 0 Å². The third-order valence-corrected chi connectivity index (χ3v) is 4.03. The van der Waals surface area contributed by atoms with Crippen molar-refractivity contribution >= 4 is 33.6 Å². The SMILES string of the molecule is O=C1CCC(n2c3ccccc3c3cnccc32)C(=O)N1. The molecule has 0 bridgehead atoms. The van der Waals surface area contributed by atoms with Crippen molar-refractivity contribution in [1.82, 2.24) is 14.9 Å².